The van der Waals surface area contributed by atoms with E-state index >= 15 is 0 Å². The average molecular weight is 547 g/mol. The van der Waals surface area contributed by atoms with Crippen LogP contribution in [0.2, 0.25) is 0 Å². The third-order valence-electron chi connectivity index (χ3n) is 6.32. The molecule has 0 radical (unpaired) electrons. The normalized spacial score (nSPS) is 12.8. The van der Waals surface area contributed by atoms with Crippen molar-refractivity contribution in [1.29, 1.82) is 0 Å². The number of rotatable bonds is 16. The molecular formula is C30H50N4O5. The lowest BCUT2D eigenvalue weighted by Crippen LogP contribution is -2.53. The molecule has 0 spiro atoms. The lowest BCUT2D eigenvalue weighted by atomic mass is 9.95. The molecule has 0 aliphatic carbocycles. The fourth-order valence-corrected chi connectivity index (χ4v) is 4.26. The highest BCUT2D eigenvalue weighted by molar-refractivity contribution is 5.92. The summed E-state index contributed by atoms with van der Waals surface area (Å²) in [6.07, 6.45) is 4.46. The molecule has 220 valence electrons. The number of nitrogens with one attached hydrogen (secondary N) is 2. The van der Waals surface area contributed by atoms with Gasteiger partial charge in [0.05, 0.1) is 0 Å². The summed E-state index contributed by atoms with van der Waals surface area (Å²) < 4.78 is 5.39. The van der Waals surface area contributed by atoms with Gasteiger partial charge in [-0.3, -0.25) is 14.4 Å². The Morgan fingerprint density at radius 3 is 2.26 bits per heavy atom. The Morgan fingerprint density at radius 2 is 1.67 bits per heavy atom. The first-order valence-corrected chi connectivity index (χ1v) is 14.2. The van der Waals surface area contributed by atoms with Crippen LogP contribution in [0.5, 0.6) is 0 Å². The molecule has 0 aliphatic heterocycles. The molecule has 0 fully saturated rings. The molecule has 4 N–H and O–H groups in total. The minimum absolute atomic E-state index is 0.00412. The molecule has 0 aliphatic rings. The van der Waals surface area contributed by atoms with Crippen LogP contribution in [0.15, 0.2) is 18.2 Å². The molecule has 1 aromatic carbocycles. The molecule has 0 bridgehead atoms. The van der Waals surface area contributed by atoms with Crippen LogP contribution in [0.25, 0.3) is 0 Å². The first-order chi connectivity index (χ1) is 18.3. The number of benzene rings is 1. The van der Waals surface area contributed by atoms with Crippen LogP contribution in [0.1, 0.15) is 109 Å². The van der Waals surface area contributed by atoms with E-state index in [-0.39, 0.29) is 18.7 Å². The fraction of sp³-hybridized carbons (Fsp3) is 0.667. The summed E-state index contributed by atoms with van der Waals surface area (Å²) in [5, 5.41) is 5.65. The number of nitrogens with zero attached hydrogens (tertiary/aromatic N) is 1. The minimum Gasteiger partial charge on any atom is -0.444 e. The molecule has 2 unspecified atom stereocenters. The molecule has 0 saturated carbocycles. The zero-order valence-corrected chi connectivity index (χ0v) is 25.0. The van der Waals surface area contributed by atoms with Crippen molar-refractivity contribution in [1.82, 2.24) is 15.5 Å². The Kier molecular flexibility index (Phi) is 14.6. The van der Waals surface area contributed by atoms with E-state index in [1.54, 1.807) is 25.7 Å². The lowest BCUT2D eigenvalue weighted by molar-refractivity contribution is -0.142. The van der Waals surface area contributed by atoms with E-state index in [1.807, 2.05) is 39.0 Å². The van der Waals surface area contributed by atoms with Crippen LogP contribution in [0, 0.1) is 13.8 Å². The lowest BCUT2D eigenvalue weighted by Gasteiger charge is -2.35. The first-order valence-electron chi connectivity index (χ1n) is 14.2. The fourth-order valence-electron chi connectivity index (χ4n) is 4.26. The second-order valence-electron chi connectivity index (χ2n) is 11.2. The van der Waals surface area contributed by atoms with Gasteiger partial charge in [0, 0.05) is 19.5 Å². The number of hydrogen-bond acceptors (Lipinski definition) is 5. The van der Waals surface area contributed by atoms with Crippen LogP contribution >= 0.6 is 0 Å². The second kappa shape index (κ2) is 16.8. The first kappa shape index (κ1) is 33.9. The van der Waals surface area contributed by atoms with Gasteiger partial charge in [0.2, 0.25) is 17.7 Å². The third-order valence-corrected chi connectivity index (χ3v) is 6.32. The largest absolute Gasteiger partial charge is 0.444 e. The maximum absolute atomic E-state index is 14.2. The van der Waals surface area contributed by atoms with Crippen LogP contribution in [-0.4, -0.2) is 53.4 Å². The number of ether oxygens (including phenoxy) is 1. The van der Waals surface area contributed by atoms with E-state index in [9.17, 15) is 19.2 Å². The van der Waals surface area contributed by atoms with E-state index in [4.69, 9.17) is 10.5 Å². The molecule has 2 atom stereocenters. The highest BCUT2D eigenvalue weighted by Gasteiger charge is 2.36. The Balaban J connectivity index is 3.55. The SMILES string of the molecule is CCCCCCN(C(=O)C(CCC(N)=O)NC(=O)OC(C)(C)C)C(C(=O)NCCCC)c1cc(C)ccc1C. The summed E-state index contributed by atoms with van der Waals surface area (Å²) in [6.45, 7) is 14.0. The number of nitrogens with two attached hydrogens (primary N) is 1. The van der Waals surface area contributed by atoms with Crippen LogP contribution in [-0.2, 0) is 19.1 Å². The van der Waals surface area contributed by atoms with Crippen LogP contribution < -0.4 is 16.4 Å². The molecule has 39 heavy (non-hydrogen) atoms. The molecule has 1 rings (SSSR count). The Bertz CT molecular complexity index is 957. The quantitative estimate of drug-likeness (QED) is 0.256. The van der Waals surface area contributed by atoms with Gasteiger partial charge in [-0.2, -0.15) is 0 Å². The van der Waals surface area contributed by atoms with Crippen molar-refractivity contribution in [3.63, 3.8) is 0 Å². The standard InChI is InChI=1S/C30H50N4O5/c1-8-10-12-13-19-34(28(37)24(16-17-25(31)35)33-29(38)39-30(5,6)7)26(27(36)32-18-11-9-2)23-20-21(3)14-15-22(23)4/h14-15,20,24,26H,8-13,16-19H2,1-7H3,(H2,31,35)(H,32,36)(H,33,38). The summed E-state index contributed by atoms with van der Waals surface area (Å²) in [6, 6.07) is 3.87. The maximum atomic E-state index is 14.2. The Hall–Kier alpha value is -3.10. The van der Waals surface area contributed by atoms with E-state index in [0.29, 0.717) is 19.5 Å². The summed E-state index contributed by atoms with van der Waals surface area (Å²) in [7, 11) is 0. The van der Waals surface area contributed by atoms with Crippen molar-refractivity contribution >= 4 is 23.8 Å². The van der Waals surface area contributed by atoms with Gasteiger partial charge in [0.1, 0.15) is 17.7 Å². The van der Waals surface area contributed by atoms with Gasteiger partial charge >= 0.3 is 6.09 Å². The number of carbonyl (C=O) groups is 4. The molecule has 1 aromatic rings. The number of carbonyl (C=O) groups excluding carboxylic acids is 4. The molecule has 9 nitrogen and oxygen atoms in total. The van der Waals surface area contributed by atoms with Gasteiger partial charge in [-0.25, -0.2) is 4.79 Å². The van der Waals surface area contributed by atoms with Crippen molar-refractivity contribution < 1.29 is 23.9 Å². The smallest absolute Gasteiger partial charge is 0.408 e. The number of aryl methyl sites for hydroxylation is 2. The predicted molar refractivity (Wildman–Crippen MR) is 154 cm³/mol. The summed E-state index contributed by atoms with van der Waals surface area (Å²) >= 11 is 0. The van der Waals surface area contributed by atoms with E-state index in [2.05, 4.69) is 17.6 Å². The summed E-state index contributed by atoms with van der Waals surface area (Å²) in [5.41, 5.74) is 7.21. The second-order valence-corrected chi connectivity index (χ2v) is 11.2. The Labute approximate surface area is 234 Å². The van der Waals surface area contributed by atoms with E-state index in [1.165, 1.54) is 0 Å². The monoisotopic (exact) mass is 546 g/mol. The van der Waals surface area contributed by atoms with Gasteiger partial charge in [-0.1, -0.05) is 63.3 Å². The average Bonchev–Trinajstić information content (AvgIpc) is 2.84. The molecule has 9 heteroatoms. The van der Waals surface area contributed by atoms with E-state index in [0.717, 1.165) is 48.8 Å². The van der Waals surface area contributed by atoms with Crippen LogP contribution in [0.4, 0.5) is 4.79 Å². The van der Waals surface area contributed by atoms with Gasteiger partial charge < -0.3 is 26.0 Å². The predicted octanol–water partition coefficient (Wildman–Crippen LogP) is 4.83. The topological polar surface area (TPSA) is 131 Å². The number of amides is 4. The van der Waals surface area contributed by atoms with Crippen molar-refractivity contribution in [2.75, 3.05) is 13.1 Å². The van der Waals surface area contributed by atoms with Crippen molar-refractivity contribution in [3.8, 4) is 0 Å². The highest BCUT2D eigenvalue weighted by atomic mass is 16.6. The number of hydrogen-bond donors (Lipinski definition) is 3. The van der Waals surface area contributed by atoms with Gasteiger partial charge in [-0.15, -0.1) is 0 Å². The number of unbranched alkanes of at least 4 members (excludes halogenated alkanes) is 4. The molecule has 0 aromatic heterocycles. The maximum Gasteiger partial charge on any atom is 0.408 e. The third kappa shape index (κ3) is 12.5. The zero-order chi connectivity index (χ0) is 29.6. The zero-order valence-electron chi connectivity index (χ0n) is 25.0. The molecule has 0 saturated heterocycles. The summed E-state index contributed by atoms with van der Waals surface area (Å²) in [5.74, 6) is -1.31. The van der Waals surface area contributed by atoms with Crippen molar-refractivity contribution in [3.05, 3.63) is 34.9 Å². The highest BCUT2D eigenvalue weighted by Crippen LogP contribution is 2.28. The van der Waals surface area contributed by atoms with Gasteiger partial charge in [0.25, 0.3) is 0 Å². The van der Waals surface area contributed by atoms with Gasteiger partial charge in [0.15, 0.2) is 0 Å². The van der Waals surface area contributed by atoms with E-state index < -0.39 is 35.6 Å². The van der Waals surface area contributed by atoms with Crippen molar-refractivity contribution in [2.24, 2.45) is 5.73 Å². The number of primary amides is 1. The number of alkyl carbamates (subject to hydrolysis) is 1. The van der Waals surface area contributed by atoms with Crippen LogP contribution in [0.3, 0.4) is 0 Å². The van der Waals surface area contributed by atoms with Crippen molar-refractivity contribution in [2.45, 2.75) is 118 Å². The molecular weight excluding hydrogens is 496 g/mol. The molecule has 0 heterocycles. The van der Waals surface area contributed by atoms with Gasteiger partial charge in [-0.05, 0) is 65.0 Å². The minimum atomic E-state index is -1.09. The summed E-state index contributed by atoms with van der Waals surface area (Å²) in [4.78, 5) is 53.8. The molecule has 4 amide bonds. The Morgan fingerprint density at radius 1 is 1.00 bits per heavy atom.